The third-order valence-electron chi connectivity index (χ3n) is 8.79. The number of nitrogens with zero attached hydrogens (tertiary/aromatic N) is 5. The normalized spacial score (nSPS) is 16.0. The summed E-state index contributed by atoms with van der Waals surface area (Å²) in [5.74, 6) is 0.755. The van der Waals surface area contributed by atoms with E-state index in [0.29, 0.717) is 50.7 Å². The SMILES string of the molecule is COc1ccc(C(C)C)cc1C1=C(CN(Cc2cc(C(F)(F)F)cc(C(F)(F)F)c2)c2ncc(N3CCOCC3)cn2)CN(C(C)=O)CC1. The fourth-order valence-electron chi connectivity index (χ4n) is 6.11. The number of carbonyl (C=O) groups is 1. The average molecular weight is 692 g/mol. The average Bonchev–Trinajstić information content (AvgIpc) is 3.07. The lowest BCUT2D eigenvalue weighted by molar-refractivity contribution is -0.143. The van der Waals surface area contributed by atoms with Crippen LogP contribution in [0.1, 0.15) is 60.9 Å². The topological polar surface area (TPSA) is 71.0 Å². The summed E-state index contributed by atoms with van der Waals surface area (Å²) >= 11 is 0. The molecule has 0 aliphatic carbocycles. The number of amides is 1. The Morgan fingerprint density at radius 1 is 0.939 bits per heavy atom. The van der Waals surface area contributed by atoms with Gasteiger partial charge in [-0.2, -0.15) is 26.3 Å². The van der Waals surface area contributed by atoms with Gasteiger partial charge in [-0.25, -0.2) is 9.97 Å². The van der Waals surface area contributed by atoms with Crippen molar-refractivity contribution in [2.24, 2.45) is 0 Å². The van der Waals surface area contributed by atoms with Crippen LogP contribution in [-0.2, 0) is 28.4 Å². The van der Waals surface area contributed by atoms with Gasteiger partial charge in [-0.1, -0.05) is 19.9 Å². The number of alkyl halides is 6. The lowest BCUT2D eigenvalue weighted by Crippen LogP contribution is -2.39. The van der Waals surface area contributed by atoms with Gasteiger partial charge in [-0.15, -0.1) is 0 Å². The van der Waals surface area contributed by atoms with Crippen molar-refractivity contribution in [3.8, 4) is 5.75 Å². The van der Waals surface area contributed by atoms with E-state index in [1.54, 1.807) is 29.3 Å². The molecule has 3 aromatic rings. The van der Waals surface area contributed by atoms with Crippen molar-refractivity contribution in [2.75, 3.05) is 62.8 Å². The Labute approximate surface area is 281 Å². The van der Waals surface area contributed by atoms with Gasteiger partial charge in [0.15, 0.2) is 0 Å². The first kappa shape index (κ1) is 36.0. The molecular formula is C35H39F6N5O3. The van der Waals surface area contributed by atoms with Gasteiger partial charge >= 0.3 is 12.4 Å². The molecular weight excluding hydrogens is 652 g/mol. The highest BCUT2D eigenvalue weighted by atomic mass is 19.4. The van der Waals surface area contributed by atoms with Crippen LogP contribution >= 0.6 is 0 Å². The van der Waals surface area contributed by atoms with E-state index in [9.17, 15) is 31.1 Å². The smallest absolute Gasteiger partial charge is 0.416 e. The number of ether oxygens (including phenoxy) is 2. The summed E-state index contributed by atoms with van der Waals surface area (Å²) in [6.45, 7) is 8.12. The summed E-state index contributed by atoms with van der Waals surface area (Å²) < 4.78 is 94.1. The summed E-state index contributed by atoms with van der Waals surface area (Å²) in [7, 11) is 1.56. The summed E-state index contributed by atoms with van der Waals surface area (Å²) in [6.07, 6.45) is -6.38. The highest BCUT2D eigenvalue weighted by Crippen LogP contribution is 2.39. The van der Waals surface area contributed by atoms with Gasteiger partial charge < -0.3 is 24.2 Å². The molecule has 0 saturated carbocycles. The summed E-state index contributed by atoms with van der Waals surface area (Å²) in [5.41, 5.74) is 1.17. The third kappa shape index (κ3) is 8.64. The lowest BCUT2D eigenvalue weighted by atomic mass is 9.89. The van der Waals surface area contributed by atoms with Crippen LogP contribution < -0.4 is 14.5 Å². The quantitative estimate of drug-likeness (QED) is 0.220. The molecule has 0 bridgehead atoms. The number of halogens is 6. The van der Waals surface area contributed by atoms with Crippen LogP contribution in [0.3, 0.4) is 0 Å². The van der Waals surface area contributed by atoms with Gasteiger partial charge in [0, 0.05) is 51.8 Å². The Hall–Kier alpha value is -4.33. The van der Waals surface area contributed by atoms with E-state index in [4.69, 9.17) is 9.47 Å². The zero-order valence-electron chi connectivity index (χ0n) is 27.8. The van der Waals surface area contributed by atoms with E-state index in [0.717, 1.165) is 34.4 Å². The minimum absolute atomic E-state index is 0.0165. The monoisotopic (exact) mass is 691 g/mol. The standard InChI is InChI=1S/C35H39F6N5O3/c1-22(2)25-5-6-32(48-4)31(15-25)30-7-8-45(23(3)47)20-26(30)21-46(33-42-17-29(18-43-33)44-9-11-49-12-10-44)19-24-13-27(34(36,37)38)16-28(14-24)35(39,40)41/h5-6,13-18,22H,7-12,19-21H2,1-4H3. The molecule has 3 heterocycles. The molecule has 2 aliphatic heterocycles. The van der Waals surface area contributed by atoms with Gasteiger partial charge in [0.2, 0.25) is 11.9 Å². The first-order valence-corrected chi connectivity index (χ1v) is 16.0. The Balaban J connectivity index is 1.63. The van der Waals surface area contributed by atoms with Crippen molar-refractivity contribution in [3.63, 3.8) is 0 Å². The Morgan fingerprint density at radius 3 is 2.12 bits per heavy atom. The van der Waals surface area contributed by atoms with E-state index in [1.165, 1.54) is 6.92 Å². The number of hydrogen-bond donors (Lipinski definition) is 0. The van der Waals surface area contributed by atoms with Crippen LogP contribution in [0.4, 0.5) is 38.0 Å². The largest absolute Gasteiger partial charge is 0.496 e. The van der Waals surface area contributed by atoms with Crippen LogP contribution in [0.25, 0.3) is 5.57 Å². The van der Waals surface area contributed by atoms with Crippen molar-refractivity contribution >= 4 is 23.1 Å². The molecule has 1 saturated heterocycles. The number of hydrogen-bond acceptors (Lipinski definition) is 7. The number of rotatable bonds is 9. The maximum absolute atomic E-state index is 13.8. The van der Waals surface area contributed by atoms with Crippen molar-refractivity contribution in [2.45, 2.75) is 52.0 Å². The number of anilines is 2. The first-order chi connectivity index (χ1) is 23.1. The molecule has 0 atom stereocenters. The van der Waals surface area contributed by atoms with Crippen LogP contribution in [-0.4, -0.2) is 73.8 Å². The molecule has 1 amide bonds. The first-order valence-electron chi connectivity index (χ1n) is 16.0. The second-order valence-electron chi connectivity index (χ2n) is 12.5. The van der Waals surface area contributed by atoms with E-state index in [1.807, 2.05) is 23.1 Å². The van der Waals surface area contributed by atoms with E-state index >= 15 is 0 Å². The molecule has 1 aromatic heterocycles. The van der Waals surface area contributed by atoms with Crippen molar-refractivity contribution in [1.82, 2.24) is 14.9 Å². The fraction of sp³-hybridized carbons (Fsp3) is 0.457. The van der Waals surface area contributed by atoms with Gasteiger partial charge in [-0.3, -0.25) is 4.79 Å². The maximum atomic E-state index is 13.8. The van der Waals surface area contributed by atoms with E-state index < -0.39 is 23.5 Å². The highest BCUT2D eigenvalue weighted by Gasteiger charge is 2.37. The Kier molecular flexibility index (Phi) is 10.8. The molecule has 264 valence electrons. The van der Waals surface area contributed by atoms with Crippen molar-refractivity contribution in [1.29, 1.82) is 0 Å². The highest BCUT2D eigenvalue weighted by molar-refractivity contribution is 5.80. The van der Waals surface area contributed by atoms with E-state index in [2.05, 4.69) is 23.8 Å². The summed E-state index contributed by atoms with van der Waals surface area (Å²) in [5, 5.41) is 0. The number of carbonyl (C=O) groups excluding carboxylic acids is 1. The van der Waals surface area contributed by atoms with Crippen molar-refractivity contribution in [3.05, 3.63) is 82.2 Å². The second-order valence-corrected chi connectivity index (χ2v) is 12.5. The zero-order valence-corrected chi connectivity index (χ0v) is 27.8. The number of aromatic nitrogens is 2. The molecule has 8 nitrogen and oxygen atoms in total. The molecule has 49 heavy (non-hydrogen) atoms. The molecule has 1 fully saturated rings. The van der Waals surface area contributed by atoms with Crippen molar-refractivity contribution < 1.29 is 40.6 Å². The van der Waals surface area contributed by atoms with Crippen LogP contribution in [0, 0.1) is 0 Å². The minimum atomic E-state index is -5.00. The molecule has 0 radical (unpaired) electrons. The summed E-state index contributed by atoms with van der Waals surface area (Å²) in [4.78, 5) is 26.9. The molecule has 5 rings (SSSR count). The minimum Gasteiger partial charge on any atom is -0.496 e. The fourth-order valence-corrected chi connectivity index (χ4v) is 6.11. The zero-order chi connectivity index (χ0) is 35.5. The number of morpholine rings is 1. The van der Waals surface area contributed by atoms with Gasteiger partial charge in [-0.05, 0) is 64.9 Å². The maximum Gasteiger partial charge on any atom is 0.416 e. The Morgan fingerprint density at radius 2 is 1.57 bits per heavy atom. The van der Waals surface area contributed by atoms with E-state index in [-0.39, 0.29) is 49.0 Å². The second kappa shape index (κ2) is 14.7. The molecule has 2 aromatic carbocycles. The Bertz CT molecular complexity index is 1640. The predicted molar refractivity (Wildman–Crippen MR) is 173 cm³/mol. The lowest BCUT2D eigenvalue weighted by Gasteiger charge is -2.34. The number of methoxy groups -OCH3 is 1. The van der Waals surface area contributed by atoms with Crippen LogP contribution in [0.15, 0.2) is 54.4 Å². The van der Waals surface area contributed by atoms with Gasteiger partial charge in [0.1, 0.15) is 5.75 Å². The summed E-state index contributed by atoms with van der Waals surface area (Å²) in [6, 6.07) is 7.43. The number of benzene rings is 2. The third-order valence-corrected chi connectivity index (χ3v) is 8.79. The predicted octanol–water partition coefficient (Wildman–Crippen LogP) is 7.20. The van der Waals surface area contributed by atoms with Gasteiger partial charge in [0.05, 0.1) is 49.5 Å². The molecule has 0 N–H and O–H groups in total. The molecule has 2 aliphatic rings. The molecule has 14 heteroatoms. The van der Waals surface area contributed by atoms with Crippen LogP contribution in [0.2, 0.25) is 0 Å². The molecule has 0 unspecified atom stereocenters. The molecule has 0 spiro atoms. The van der Waals surface area contributed by atoms with Crippen LogP contribution in [0.5, 0.6) is 5.75 Å². The van der Waals surface area contributed by atoms with Gasteiger partial charge in [0.25, 0.3) is 0 Å².